The summed E-state index contributed by atoms with van der Waals surface area (Å²) >= 11 is 1.82. The van der Waals surface area contributed by atoms with Crippen molar-refractivity contribution in [3.8, 4) is 22.3 Å². The molecule has 1 nitrogen and oxygen atoms in total. The van der Waals surface area contributed by atoms with Crippen LogP contribution in [-0.4, -0.2) is 4.98 Å². The Morgan fingerprint density at radius 2 is 1.31 bits per heavy atom. The lowest BCUT2D eigenvalue weighted by molar-refractivity contribution is 1.42. The highest BCUT2D eigenvalue weighted by atomic mass is 32.1. The lowest BCUT2D eigenvalue weighted by atomic mass is 9.87. The Balaban J connectivity index is 1.89. The maximum atomic E-state index is 4.64. The van der Waals surface area contributed by atoms with Crippen molar-refractivity contribution in [2.45, 2.75) is 0 Å². The van der Waals surface area contributed by atoms with Crippen LogP contribution in [0.3, 0.4) is 0 Å². The molecule has 0 atom stereocenters. The Morgan fingerprint density at radius 3 is 2.07 bits per heavy atom. The van der Waals surface area contributed by atoms with Gasteiger partial charge in [0.15, 0.2) is 0 Å². The van der Waals surface area contributed by atoms with Gasteiger partial charge in [0.1, 0.15) is 0 Å². The molecule has 0 amide bonds. The molecular formula is C27H17NS. The fourth-order valence-corrected chi connectivity index (χ4v) is 5.28. The smallest absolute Gasteiger partial charge is 0.0708 e. The monoisotopic (exact) mass is 387 g/mol. The number of fused-ring (bicyclic) bond motifs is 4. The third-order valence-electron chi connectivity index (χ3n) is 5.57. The van der Waals surface area contributed by atoms with E-state index >= 15 is 0 Å². The van der Waals surface area contributed by atoms with Crippen molar-refractivity contribution in [1.29, 1.82) is 0 Å². The third-order valence-corrected chi connectivity index (χ3v) is 6.50. The molecule has 2 aromatic heterocycles. The average Bonchev–Trinajstić information content (AvgIpc) is 3.28. The van der Waals surface area contributed by atoms with Crippen molar-refractivity contribution in [2.75, 3.05) is 0 Å². The van der Waals surface area contributed by atoms with E-state index in [1.165, 1.54) is 48.5 Å². The van der Waals surface area contributed by atoms with Gasteiger partial charge in [-0.15, -0.1) is 11.3 Å². The van der Waals surface area contributed by atoms with E-state index in [0.717, 1.165) is 5.52 Å². The van der Waals surface area contributed by atoms with E-state index in [1.54, 1.807) is 0 Å². The first kappa shape index (κ1) is 16.5. The fraction of sp³-hybridized carbons (Fsp3) is 0. The summed E-state index contributed by atoms with van der Waals surface area (Å²) in [5.74, 6) is 0. The van der Waals surface area contributed by atoms with E-state index in [-0.39, 0.29) is 0 Å². The van der Waals surface area contributed by atoms with Crippen LogP contribution in [0.4, 0.5) is 0 Å². The molecule has 0 fully saturated rings. The first-order chi connectivity index (χ1) is 14.4. The molecule has 0 unspecified atom stereocenters. The zero-order chi connectivity index (χ0) is 19.2. The zero-order valence-electron chi connectivity index (χ0n) is 15.7. The van der Waals surface area contributed by atoms with Gasteiger partial charge < -0.3 is 0 Å². The van der Waals surface area contributed by atoms with E-state index < -0.39 is 0 Å². The molecule has 0 N–H and O–H groups in total. The molecule has 0 aliphatic heterocycles. The van der Waals surface area contributed by atoms with E-state index in [9.17, 15) is 0 Å². The molecule has 2 heteroatoms. The topological polar surface area (TPSA) is 12.9 Å². The normalized spacial score (nSPS) is 11.4. The number of aromatic nitrogens is 1. The molecule has 0 aliphatic rings. The van der Waals surface area contributed by atoms with Gasteiger partial charge in [0.05, 0.1) is 5.52 Å². The molecule has 0 spiro atoms. The van der Waals surface area contributed by atoms with Gasteiger partial charge in [-0.05, 0) is 57.1 Å². The Morgan fingerprint density at radius 1 is 0.586 bits per heavy atom. The highest BCUT2D eigenvalue weighted by molar-refractivity contribution is 7.18. The van der Waals surface area contributed by atoms with Crippen LogP contribution < -0.4 is 0 Å². The van der Waals surface area contributed by atoms with Crippen molar-refractivity contribution in [3.63, 3.8) is 0 Å². The molecule has 2 heterocycles. The summed E-state index contributed by atoms with van der Waals surface area (Å²) in [6.45, 7) is 0. The van der Waals surface area contributed by atoms with E-state index in [4.69, 9.17) is 0 Å². The van der Waals surface area contributed by atoms with Gasteiger partial charge in [-0.3, -0.25) is 4.98 Å². The molecule has 6 aromatic rings. The second-order valence-electron chi connectivity index (χ2n) is 7.24. The SMILES string of the molecule is c1ccc(-c2c(-c3ccccc3)c3sccc3c3cc4cccnc4cc23)cc1. The number of pyridine rings is 1. The summed E-state index contributed by atoms with van der Waals surface area (Å²) in [5, 5.41) is 7.25. The summed E-state index contributed by atoms with van der Waals surface area (Å²) in [5.41, 5.74) is 6.12. The fourth-order valence-electron chi connectivity index (χ4n) is 4.30. The van der Waals surface area contributed by atoms with Crippen LogP contribution in [0, 0.1) is 0 Å². The quantitative estimate of drug-likeness (QED) is 0.275. The molecule has 6 rings (SSSR count). The highest BCUT2D eigenvalue weighted by Crippen LogP contribution is 2.46. The summed E-state index contributed by atoms with van der Waals surface area (Å²) in [6, 6.07) is 32.5. The van der Waals surface area contributed by atoms with Crippen LogP contribution in [0.2, 0.25) is 0 Å². The minimum Gasteiger partial charge on any atom is -0.256 e. The number of hydrogen-bond acceptors (Lipinski definition) is 2. The number of thiophene rings is 1. The molecule has 29 heavy (non-hydrogen) atoms. The van der Waals surface area contributed by atoms with Crippen molar-refractivity contribution in [2.24, 2.45) is 0 Å². The standard InChI is InChI=1S/C27H17NS/c1-3-8-18(9-4-1)25-23-17-24-20(12-7-14-28-24)16-22(23)21-13-15-29-27(21)26(25)19-10-5-2-6-11-19/h1-17H. The van der Waals surface area contributed by atoms with Gasteiger partial charge in [-0.25, -0.2) is 0 Å². The lowest BCUT2D eigenvalue weighted by Crippen LogP contribution is -1.90. The second kappa shape index (κ2) is 6.54. The second-order valence-corrected chi connectivity index (χ2v) is 8.16. The van der Waals surface area contributed by atoms with E-state index in [2.05, 4.69) is 95.3 Å². The zero-order valence-corrected chi connectivity index (χ0v) is 16.5. The Hall–Kier alpha value is -3.49. The van der Waals surface area contributed by atoms with Crippen LogP contribution >= 0.6 is 11.3 Å². The maximum Gasteiger partial charge on any atom is 0.0708 e. The molecule has 0 aliphatic carbocycles. The Bertz CT molecular complexity index is 1480. The van der Waals surface area contributed by atoms with E-state index in [1.807, 2.05) is 23.6 Å². The van der Waals surface area contributed by atoms with Gasteiger partial charge in [-0.2, -0.15) is 0 Å². The van der Waals surface area contributed by atoms with Crippen LogP contribution in [0.25, 0.3) is 54.0 Å². The van der Waals surface area contributed by atoms with Crippen molar-refractivity contribution < 1.29 is 0 Å². The van der Waals surface area contributed by atoms with Crippen molar-refractivity contribution in [1.82, 2.24) is 4.98 Å². The van der Waals surface area contributed by atoms with Gasteiger partial charge in [0.25, 0.3) is 0 Å². The molecule has 4 aromatic carbocycles. The summed E-state index contributed by atoms with van der Waals surface area (Å²) in [6.07, 6.45) is 1.87. The predicted molar refractivity (Wildman–Crippen MR) is 126 cm³/mol. The molecule has 0 saturated heterocycles. The van der Waals surface area contributed by atoms with Gasteiger partial charge >= 0.3 is 0 Å². The largest absolute Gasteiger partial charge is 0.256 e. The highest BCUT2D eigenvalue weighted by Gasteiger charge is 2.18. The Kier molecular flexibility index (Phi) is 3.71. The Labute approximate surface area is 172 Å². The maximum absolute atomic E-state index is 4.64. The molecule has 0 radical (unpaired) electrons. The summed E-state index contributed by atoms with van der Waals surface area (Å²) < 4.78 is 1.34. The summed E-state index contributed by atoms with van der Waals surface area (Å²) in [7, 11) is 0. The first-order valence-electron chi connectivity index (χ1n) is 9.73. The predicted octanol–water partition coefficient (Wildman–Crippen LogP) is 7.94. The first-order valence-corrected chi connectivity index (χ1v) is 10.6. The summed E-state index contributed by atoms with van der Waals surface area (Å²) in [4.78, 5) is 4.64. The van der Waals surface area contributed by atoms with Gasteiger partial charge in [-0.1, -0.05) is 66.7 Å². The number of rotatable bonds is 2. The van der Waals surface area contributed by atoms with Crippen molar-refractivity contribution in [3.05, 3.63) is 103 Å². The average molecular weight is 388 g/mol. The van der Waals surface area contributed by atoms with Crippen LogP contribution in [-0.2, 0) is 0 Å². The van der Waals surface area contributed by atoms with E-state index in [0.29, 0.717) is 0 Å². The molecular weight excluding hydrogens is 370 g/mol. The van der Waals surface area contributed by atoms with Gasteiger partial charge in [0.2, 0.25) is 0 Å². The van der Waals surface area contributed by atoms with Crippen molar-refractivity contribution >= 4 is 43.1 Å². The van der Waals surface area contributed by atoms with Crippen LogP contribution in [0.1, 0.15) is 0 Å². The molecule has 0 saturated carbocycles. The molecule has 136 valence electrons. The number of hydrogen-bond donors (Lipinski definition) is 0. The third kappa shape index (κ3) is 2.57. The number of nitrogens with zero attached hydrogens (tertiary/aromatic N) is 1. The number of benzene rings is 4. The minimum absolute atomic E-state index is 1.03. The van der Waals surface area contributed by atoms with Gasteiger partial charge in [0, 0.05) is 27.2 Å². The van der Waals surface area contributed by atoms with Crippen LogP contribution in [0.5, 0.6) is 0 Å². The minimum atomic E-state index is 1.03. The lowest BCUT2D eigenvalue weighted by Gasteiger charge is -2.17. The van der Waals surface area contributed by atoms with Crippen LogP contribution in [0.15, 0.2) is 103 Å². The molecule has 0 bridgehead atoms.